The summed E-state index contributed by atoms with van der Waals surface area (Å²) in [5, 5.41) is 10.6. The van der Waals surface area contributed by atoms with Gasteiger partial charge in [0.15, 0.2) is 0 Å². The lowest BCUT2D eigenvalue weighted by Crippen LogP contribution is -2.43. The Kier molecular flexibility index (Phi) is 5.18. The maximum atomic E-state index is 12.7. The Balaban J connectivity index is 1.79. The second kappa shape index (κ2) is 7.52. The van der Waals surface area contributed by atoms with Crippen molar-refractivity contribution >= 4 is 29.0 Å². The van der Waals surface area contributed by atoms with Crippen molar-refractivity contribution < 1.29 is 14.0 Å². The van der Waals surface area contributed by atoms with Crippen LogP contribution < -0.4 is 5.32 Å². The maximum Gasteiger partial charge on any atom is 0.317 e. The molecule has 1 aliphatic heterocycles. The van der Waals surface area contributed by atoms with Gasteiger partial charge in [0, 0.05) is 20.0 Å². The van der Waals surface area contributed by atoms with Crippen LogP contribution in [0.2, 0.25) is 0 Å². The molecular weight excluding hydrogens is 340 g/mol. The number of likely N-dealkylation sites (N-methyl/N-ethyl adjacent to an activating group) is 1. The van der Waals surface area contributed by atoms with Crippen LogP contribution in [0.25, 0.3) is 0 Å². The summed E-state index contributed by atoms with van der Waals surface area (Å²) in [5.41, 5.74) is 0.852. The van der Waals surface area contributed by atoms with Crippen molar-refractivity contribution in [3.05, 3.63) is 46.5 Å². The molecule has 0 aromatic carbocycles. The molecule has 132 valence electrons. The van der Waals surface area contributed by atoms with Crippen molar-refractivity contribution in [1.82, 2.24) is 15.2 Å². The monoisotopic (exact) mass is 360 g/mol. The third-order valence-corrected chi connectivity index (χ3v) is 4.81. The number of amides is 3. The maximum absolute atomic E-state index is 12.7. The molecule has 1 unspecified atom stereocenters. The lowest BCUT2D eigenvalue weighted by atomic mass is 10.1. The summed E-state index contributed by atoms with van der Waals surface area (Å²) >= 11 is 1.58. The van der Waals surface area contributed by atoms with Gasteiger partial charge in [-0.15, -0.1) is 11.3 Å². The first kappa shape index (κ1) is 17.2. The third kappa shape index (κ3) is 3.74. The fourth-order valence-electron chi connectivity index (χ4n) is 2.67. The lowest BCUT2D eigenvalue weighted by Gasteiger charge is -2.23. The van der Waals surface area contributed by atoms with E-state index in [-0.39, 0.29) is 24.5 Å². The van der Waals surface area contributed by atoms with E-state index in [1.807, 2.05) is 30.5 Å². The molecule has 0 bridgehead atoms. The van der Waals surface area contributed by atoms with Gasteiger partial charge in [-0.3, -0.25) is 4.79 Å². The highest BCUT2D eigenvalue weighted by Gasteiger charge is 2.35. The molecule has 0 aliphatic carbocycles. The first-order chi connectivity index (χ1) is 12.1. The number of urea groups is 1. The van der Waals surface area contributed by atoms with Crippen LogP contribution in [0.15, 0.2) is 45.4 Å². The van der Waals surface area contributed by atoms with Crippen LogP contribution in [0.1, 0.15) is 30.0 Å². The summed E-state index contributed by atoms with van der Waals surface area (Å²) in [5.74, 6) is 0.436. The zero-order valence-corrected chi connectivity index (χ0v) is 15.0. The molecule has 0 fully saturated rings. The zero-order chi connectivity index (χ0) is 17.8. The number of carbonyl (C=O) groups is 2. The van der Waals surface area contributed by atoms with Gasteiger partial charge in [0.25, 0.3) is 5.91 Å². The normalized spacial score (nSPS) is 16.6. The Hall–Kier alpha value is -2.61. The van der Waals surface area contributed by atoms with Crippen LogP contribution in [-0.2, 0) is 4.79 Å². The molecule has 1 N–H and O–H groups in total. The largest absolute Gasteiger partial charge is 0.467 e. The van der Waals surface area contributed by atoms with Gasteiger partial charge in [-0.25, -0.2) is 9.80 Å². The molecule has 2 aromatic rings. The Morgan fingerprint density at radius 2 is 2.28 bits per heavy atom. The standard InChI is InChI=1S/C17H20N4O3S/c1-3-18-17(23)20(2)11-16(22)21-13(14-6-4-8-24-14)10-12(19-21)15-7-5-9-25-15/h4-9,13H,3,10-11H2,1-2H3,(H,18,23). The van der Waals surface area contributed by atoms with Gasteiger partial charge in [-0.1, -0.05) is 6.07 Å². The van der Waals surface area contributed by atoms with Crippen LogP contribution in [0.3, 0.4) is 0 Å². The molecule has 7 nitrogen and oxygen atoms in total. The summed E-state index contributed by atoms with van der Waals surface area (Å²) in [4.78, 5) is 27.0. The van der Waals surface area contributed by atoms with Crippen LogP contribution in [-0.4, -0.2) is 47.7 Å². The van der Waals surface area contributed by atoms with Gasteiger partial charge in [-0.2, -0.15) is 5.10 Å². The predicted molar refractivity (Wildman–Crippen MR) is 95.5 cm³/mol. The Bertz CT molecular complexity index is 755. The number of thiophene rings is 1. The van der Waals surface area contributed by atoms with E-state index in [2.05, 4.69) is 10.4 Å². The average Bonchev–Trinajstić information content (AvgIpc) is 3.33. The van der Waals surface area contributed by atoms with E-state index < -0.39 is 0 Å². The molecule has 2 aromatic heterocycles. The summed E-state index contributed by atoms with van der Waals surface area (Å²) in [6.07, 6.45) is 2.17. The van der Waals surface area contributed by atoms with Crippen LogP contribution in [0.4, 0.5) is 4.79 Å². The molecule has 25 heavy (non-hydrogen) atoms. The highest BCUT2D eigenvalue weighted by molar-refractivity contribution is 7.12. The van der Waals surface area contributed by atoms with Crippen LogP contribution in [0, 0.1) is 0 Å². The summed E-state index contributed by atoms with van der Waals surface area (Å²) in [6.45, 7) is 2.29. The molecule has 0 radical (unpaired) electrons. The third-order valence-electron chi connectivity index (χ3n) is 3.89. The summed E-state index contributed by atoms with van der Waals surface area (Å²) in [7, 11) is 1.59. The predicted octanol–water partition coefficient (Wildman–Crippen LogP) is 2.68. The summed E-state index contributed by atoms with van der Waals surface area (Å²) < 4.78 is 5.50. The second-order valence-electron chi connectivity index (χ2n) is 5.69. The number of rotatable bonds is 5. The van der Waals surface area contributed by atoms with Crippen molar-refractivity contribution in [2.45, 2.75) is 19.4 Å². The lowest BCUT2D eigenvalue weighted by molar-refractivity contribution is -0.133. The molecule has 3 heterocycles. The smallest absolute Gasteiger partial charge is 0.317 e. The summed E-state index contributed by atoms with van der Waals surface area (Å²) in [6, 6.07) is 7.00. The van der Waals surface area contributed by atoms with E-state index in [9.17, 15) is 9.59 Å². The first-order valence-corrected chi connectivity index (χ1v) is 8.94. The molecule has 0 saturated carbocycles. The number of furan rings is 1. The molecular formula is C17H20N4O3S. The number of hydrogen-bond acceptors (Lipinski definition) is 5. The highest BCUT2D eigenvalue weighted by atomic mass is 32.1. The number of hydrogen-bond donors (Lipinski definition) is 1. The van der Waals surface area contributed by atoms with E-state index in [1.165, 1.54) is 9.91 Å². The molecule has 3 amide bonds. The van der Waals surface area contributed by atoms with Gasteiger partial charge in [0.05, 0.1) is 16.9 Å². The molecule has 1 aliphatic rings. The SMILES string of the molecule is CCNC(=O)N(C)CC(=O)N1N=C(c2cccs2)CC1c1ccco1. The Labute approximate surface area is 149 Å². The van der Waals surface area contributed by atoms with Gasteiger partial charge >= 0.3 is 6.03 Å². The van der Waals surface area contributed by atoms with Crippen LogP contribution in [0.5, 0.6) is 0 Å². The minimum absolute atomic E-state index is 0.0513. The van der Waals surface area contributed by atoms with Crippen molar-refractivity contribution in [3.8, 4) is 0 Å². The number of nitrogens with one attached hydrogen (secondary N) is 1. The Morgan fingerprint density at radius 3 is 2.92 bits per heavy atom. The number of nitrogens with zero attached hydrogens (tertiary/aromatic N) is 3. The average molecular weight is 360 g/mol. The van der Waals surface area contributed by atoms with E-state index in [4.69, 9.17) is 4.42 Å². The van der Waals surface area contributed by atoms with Crippen molar-refractivity contribution in [2.75, 3.05) is 20.1 Å². The minimum Gasteiger partial charge on any atom is -0.467 e. The molecule has 3 rings (SSSR count). The van der Waals surface area contributed by atoms with Gasteiger partial charge in [0.1, 0.15) is 18.3 Å². The zero-order valence-electron chi connectivity index (χ0n) is 14.1. The number of hydrazone groups is 1. The van der Waals surface area contributed by atoms with Crippen molar-refractivity contribution in [1.29, 1.82) is 0 Å². The van der Waals surface area contributed by atoms with Crippen LogP contribution >= 0.6 is 11.3 Å². The molecule has 0 saturated heterocycles. The van der Waals surface area contributed by atoms with Crippen molar-refractivity contribution in [2.24, 2.45) is 5.10 Å². The van der Waals surface area contributed by atoms with Gasteiger partial charge in [-0.05, 0) is 30.5 Å². The first-order valence-electron chi connectivity index (χ1n) is 8.06. The van der Waals surface area contributed by atoms with E-state index >= 15 is 0 Å². The molecule has 0 spiro atoms. The van der Waals surface area contributed by atoms with E-state index in [0.29, 0.717) is 18.7 Å². The highest BCUT2D eigenvalue weighted by Crippen LogP contribution is 2.34. The second-order valence-corrected chi connectivity index (χ2v) is 6.64. The van der Waals surface area contributed by atoms with Gasteiger partial charge in [0.2, 0.25) is 0 Å². The number of carbonyl (C=O) groups excluding carboxylic acids is 2. The Morgan fingerprint density at radius 1 is 1.44 bits per heavy atom. The van der Waals surface area contributed by atoms with E-state index in [1.54, 1.807) is 30.7 Å². The van der Waals surface area contributed by atoms with Gasteiger partial charge < -0.3 is 14.6 Å². The minimum atomic E-state index is -0.290. The van der Waals surface area contributed by atoms with E-state index in [0.717, 1.165) is 10.6 Å². The topological polar surface area (TPSA) is 78.2 Å². The fraction of sp³-hybridized carbons (Fsp3) is 0.353. The molecule has 1 atom stereocenters. The fourth-order valence-corrected chi connectivity index (χ4v) is 3.39. The molecule has 8 heteroatoms. The van der Waals surface area contributed by atoms with Crippen molar-refractivity contribution in [3.63, 3.8) is 0 Å². The quantitative estimate of drug-likeness (QED) is 0.890.